The van der Waals surface area contributed by atoms with E-state index in [1.54, 1.807) is 12.3 Å². The minimum absolute atomic E-state index is 0.171. The maximum Gasteiger partial charge on any atom is 0.328 e. The lowest BCUT2D eigenvalue weighted by Gasteiger charge is -2.03. The molecular weight excluding hydrogens is 270 g/mol. The van der Waals surface area contributed by atoms with Crippen LogP contribution in [0.5, 0.6) is 0 Å². The van der Waals surface area contributed by atoms with Crippen LogP contribution in [0.1, 0.15) is 21.1 Å². The van der Waals surface area contributed by atoms with Gasteiger partial charge in [0.05, 0.1) is 12.2 Å². The molecule has 2 heterocycles. The third-order valence-corrected chi connectivity index (χ3v) is 3.29. The van der Waals surface area contributed by atoms with E-state index in [1.165, 1.54) is 10.8 Å². The Morgan fingerprint density at radius 1 is 1.58 bits per heavy atom. The summed E-state index contributed by atoms with van der Waals surface area (Å²) in [6.07, 6.45) is 1.45. The van der Waals surface area contributed by atoms with Gasteiger partial charge in [-0.05, 0) is 6.92 Å². The highest BCUT2D eigenvalue weighted by Crippen LogP contribution is 2.10. The molecule has 0 aromatic carbocycles. The Bertz CT molecular complexity index is 729. The van der Waals surface area contributed by atoms with Crippen LogP contribution in [0, 0.1) is 6.92 Å². The van der Waals surface area contributed by atoms with Crippen molar-refractivity contribution in [2.45, 2.75) is 13.5 Å². The van der Waals surface area contributed by atoms with Crippen LogP contribution in [0.4, 0.5) is 0 Å². The number of hydrogen-bond donors (Lipinski definition) is 3. The summed E-state index contributed by atoms with van der Waals surface area (Å²) in [5, 5.41) is 1.86. The van der Waals surface area contributed by atoms with E-state index in [-0.39, 0.29) is 11.6 Å². The number of hydrazine groups is 1. The van der Waals surface area contributed by atoms with Gasteiger partial charge in [0.25, 0.3) is 11.5 Å². The fourth-order valence-corrected chi connectivity index (χ4v) is 2.17. The van der Waals surface area contributed by atoms with E-state index in [2.05, 4.69) is 9.97 Å². The summed E-state index contributed by atoms with van der Waals surface area (Å²) in [6.45, 7) is 1.77. The van der Waals surface area contributed by atoms with Crippen molar-refractivity contribution in [2.24, 2.45) is 5.84 Å². The van der Waals surface area contributed by atoms with Crippen LogP contribution in [0.3, 0.4) is 0 Å². The van der Waals surface area contributed by atoms with Gasteiger partial charge < -0.3 is 0 Å². The highest BCUT2D eigenvalue weighted by molar-refractivity contribution is 7.11. The van der Waals surface area contributed by atoms with Crippen LogP contribution in [0.15, 0.2) is 21.2 Å². The van der Waals surface area contributed by atoms with Crippen LogP contribution >= 0.6 is 11.3 Å². The largest absolute Gasteiger partial charge is 0.328 e. The second-order valence-corrected chi connectivity index (χ2v) is 4.67. The Labute approximate surface area is 110 Å². The van der Waals surface area contributed by atoms with E-state index in [9.17, 15) is 14.4 Å². The van der Waals surface area contributed by atoms with Crippen LogP contribution in [0.25, 0.3) is 0 Å². The number of nitrogens with two attached hydrogens (primary N) is 1. The summed E-state index contributed by atoms with van der Waals surface area (Å²) in [4.78, 5) is 40.3. The smallest absolute Gasteiger partial charge is 0.294 e. The second kappa shape index (κ2) is 5.16. The molecule has 9 heteroatoms. The number of nitrogen functional groups attached to an aromatic ring is 1. The minimum atomic E-state index is -0.520. The topological polar surface area (TPSA) is 123 Å². The predicted molar refractivity (Wildman–Crippen MR) is 68.9 cm³/mol. The van der Waals surface area contributed by atoms with E-state index < -0.39 is 17.2 Å². The first-order valence-corrected chi connectivity index (χ1v) is 6.15. The van der Waals surface area contributed by atoms with E-state index in [0.717, 1.165) is 11.3 Å². The van der Waals surface area contributed by atoms with Crippen LogP contribution in [-0.2, 0) is 6.54 Å². The summed E-state index contributed by atoms with van der Waals surface area (Å²) in [5.41, 5.74) is 2.01. The number of aromatic amines is 1. The molecule has 19 heavy (non-hydrogen) atoms. The zero-order valence-corrected chi connectivity index (χ0v) is 10.8. The number of aromatic nitrogens is 3. The Morgan fingerprint density at radius 3 is 3.00 bits per heavy atom. The molecule has 4 N–H and O–H groups in total. The Morgan fingerprint density at radius 2 is 2.32 bits per heavy atom. The zero-order chi connectivity index (χ0) is 14.0. The Balaban J connectivity index is 2.29. The van der Waals surface area contributed by atoms with Crippen molar-refractivity contribution in [3.8, 4) is 0 Å². The monoisotopic (exact) mass is 281 g/mol. The van der Waals surface area contributed by atoms with Gasteiger partial charge in [-0.1, -0.05) is 0 Å². The molecule has 2 rings (SSSR count). The molecular formula is C10H11N5O3S. The molecule has 8 nitrogen and oxygen atoms in total. The van der Waals surface area contributed by atoms with E-state index >= 15 is 0 Å². The first-order chi connectivity index (χ1) is 9.01. The summed E-state index contributed by atoms with van der Waals surface area (Å²) < 4.78 is 1.32. The first-order valence-electron chi connectivity index (χ1n) is 5.27. The van der Waals surface area contributed by atoms with Crippen molar-refractivity contribution in [3.05, 3.63) is 48.7 Å². The molecule has 0 spiro atoms. The molecule has 0 radical (unpaired) electrons. The second-order valence-electron chi connectivity index (χ2n) is 3.82. The third-order valence-electron chi connectivity index (χ3n) is 2.40. The maximum absolute atomic E-state index is 11.6. The van der Waals surface area contributed by atoms with E-state index in [0.29, 0.717) is 11.3 Å². The molecule has 0 aliphatic carbocycles. The minimum Gasteiger partial charge on any atom is -0.294 e. The van der Waals surface area contributed by atoms with E-state index in [4.69, 9.17) is 5.84 Å². The number of thiazole rings is 1. The van der Waals surface area contributed by atoms with Crippen molar-refractivity contribution in [3.63, 3.8) is 0 Å². The lowest BCUT2D eigenvalue weighted by atomic mass is 10.4. The summed E-state index contributed by atoms with van der Waals surface area (Å²) >= 11 is 1.12. The molecule has 100 valence electrons. The van der Waals surface area contributed by atoms with Gasteiger partial charge >= 0.3 is 5.69 Å². The van der Waals surface area contributed by atoms with Crippen molar-refractivity contribution in [1.29, 1.82) is 0 Å². The van der Waals surface area contributed by atoms with Gasteiger partial charge in [0.1, 0.15) is 0 Å². The number of rotatable bonds is 3. The summed E-state index contributed by atoms with van der Waals surface area (Å²) in [5.74, 6) is 4.51. The molecule has 0 saturated carbocycles. The first kappa shape index (κ1) is 13.2. The number of carbonyl (C=O) groups excluding carboxylic acids is 1. The van der Waals surface area contributed by atoms with Crippen molar-refractivity contribution in [2.75, 3.05) is 0 Å². The quantitative estimate of drug-likeness (QED) is 0.376. The van der Waals surface area contributed by atoms with Gasteiger partial charge in [-0.2, -0.15) is 0 Å². The number of aryl methyl sites for hydroxylation is 1. The number of nitrogens with zero attached hydrogens (tertiary/aromatic N) is 2. The van der Waals surface area contributed by atoms with Crippen LogP contribution < -0.4 is 22.5 Å². The molecule has 0 atom stereocenters. The number of carbonyl (C=O) groups is 1. The fourth-order valence-electron chi connectivity index (χ4n) is 1.46. The lowest BCUT2D eigenvalue weighted by molar-refractivity contribution is 0.0953. The molecule has 0 unspecified atom stereocenters. The average molecular weight is 281 g/mol. The van der Waals surface area contributed by atoms with Crippen molar-refractivity contribution in [1.82, 2.24) is 20.0 Å². The molecule has 2 aromatic rings. The Hall–Kier alpha value is -2.26. The average Bonchev–Trinajstić information content (AvgIpc) is 2.83. The van der Waals surface area contributed by atoms with Crippen LogP contribution in [-0.4, -0.2) is 20.4 Å². The van der Waals surface area contributed by atoms with Gasteiger partial charge in [-0.25, -0.2) is 15.6 Å². The number of hydrogen-bond acceptors (Lipinski definition) is 6. The summed E-state index contributed by atoms with van der Waals surface area (Å²) in [7, 11) is 0. The highest BCUT2D eigenvalue weighted by atomic mass is 32.1. The molecule has 0 saturated heterocycles. The molecule has 0 bridgehead atoms. The number of nitrogens with one attached hydrogen (secondary N) is 2. The lowest BCUT2D eigenvalue weighted by Crippen LogP contribution is -2.31. The SMILES string of the molecule is Cc1cn(Cc2csc(C(=O)NN)n2)c(=O)[nH]c1=O. The van der Waals surface area contributed by atoms with Gasteiger partial charge in [-0.15, -0.1) is 11.3 Å². The molecule has 2 aromatic heterocycles. The molecule has 0 aliphatic heterocycles. The third kappa shape index (κ3) is 2.77. The maximum atomic E-state index is 11.6. The molecule has 1 amide bonds. The summed E-state index contributed by atoms with van der Waals surface area (Å²) in [6, 6.07) is 0. The predicted octanol–water partition coefficient (Wildman–Crippen LogP) is -1.05. The fraction of sp³-hybridized carbons (Fsp3) is 0.200. The number of H-pyrrole nitrogens is 1. The Kier molecular flexibility index (Phi) is 3.58. The van der Waals surface area contributed by atoms with Crippen molar-refractivity contribution >= 4 is 17.2 Å². The standard InChI is InChI=1S/C10H11N5O3S/c1-5-2-15(10(18)13-7(5)16)3-6-4-19-9(12-6)8(17)14-11/h2,4H,3,11H2,1H3,(H,14,17)(H,13,16,18). The zero-order valence-electron chi connectivity index (χ0n) is 9.97. The van der Waals surface area contributed by atoms with Crippen LogP contribution in [0.2, 0.25) is 0 Å². The van der Waals surface area contributed by atoms with Crippen molar-refractivity contribution < 1.29 is 4.79 Å². The van der Waals surface area contributed by atoms with Gasteiger partial charge in [0, 0.05) is 17.1 Å². The van der Waals surface area contributed by atoms with E-state index in [1.807, 2.05) is 5.43 Å². The van der Waals surface area contributed by atoms with Gasteiger partial charge in [0.2, 0.25) is 0 Å². The molecule has 0 fully saturated rings. The highest BCUT2D eigenvalue weighted by Gasteiger charge is 2.10. The number of amides is 1. The normalized spacial score (nSPS) is 10.4. The van der Waals surface area contributed by atoms with Gasteiger partial charge in [0.15, 0.2) is 5.01 Å². The van der Waals surface area contributed by atoms with Gasteiger partial charge in [-0.3, -0.25) is 24.6 Å². The molecule has 0 aliphatic rings.